The first-order valence-electron chi connectivity index (χ1n) is 6.11. The van der Waals surface area contributed by atoms with Crippen LogP contribution in [0.5, 0.6) is 0 Å². The molecule has 2 unspecified atom stereocenters. The van der Waals surface area contributed by atoms with Gasteiger partial charge in [0, 0.05) is 6.54 Å². The van der Waals surface area contributed by atoms with E-state index in [1.165, 1.54) is 6.07 Å². The number of nitrogen functional groups attached to an aromatic ring is 1. The van der Waals surface area contributed by atoms with Crippen LogP contribution in [0.3, 0.4) is 0 Å². The molecular formula is C12H17FN2O3S. The van der Waals surface area contributed by atoms with Crippen LogP contribution in [-0.4, -0.2) is 26.2 Å². The third-order valence-electron chi connectivity index (χ3n) is 3.35. The van der Waals surface area contributed by atoms with Crippen LogP contribution in [0, 0.1) is 11.7 Å². The van der Waals surface area contributed by atoms with Crippen molar-refractivity contribution in [2.75, 3.05) is 12.3 Å². The van der Waals surface area contributed by atoms with E-state index < -0.39 is 15.8 Å². The molecule has 0 saturated heterocycles. The molecule has 19 heavy (non-hydrogen) atoms. The monoisotopic (exact) mass is 288 g/mol. The van der Waals surface area contributed by atoms with E-state index in [4.69, 9.17) is 5.73 Å². The second kappa shape index (κ2) is 5.44. The number of sulfonamides is 1. The van der Waals surface area contributed by atoms with Gasteiger partial charge in [-0.25, -0.2) is 17.5 Å². The van der Waals surface area contributed by atoms with Crippen molar-refractivity contribution in [3.8, 4) is 0 Å². The fourth-order valence-corrected chi connectivity index (χ4v) is 3.38. The lowest BCUT2D eigenvalue weighted by Gasteiger charge is -2.12. The Balaban J connectivity index is 2.03. The van der Waals surface area contributed by atoms with Crippen LogP contribution < -0.4 is 10.5 Å². The molecule has 2 atom stereocenters. The molecule has 1 aromatic carbocycles. The number of halogens is 1. The number of aliphatic hydroxyl groups excluding tert-OH is 1. The Bertz CT molecular complexity index is 562. The molecule has 0 bridgehead atoms. The molecule has 7 heteroatoms. The van der Waals surface area contributed by atoms with Crippen molar-refractivity contribution >= 4 is 15.7 Å². The standard InChI is InChI=1S/C12H17FN2O3S/c13-11-4-3-10(6-12(11)14)19(17,18)15-7-8-1-2-9(16)5-8/h3-4,6,8-9,15-16H,1-2,5,7,14H2. The predicted molar refractivity (Wildman–Crippen MR) is 69.3 cm³/mol. The van der Waals surface area contributed by atoms with Gasteiger partial charge in [0.25, 0.3) is 0 Å². The number of rotatable bonds is 4. The van der Waals surface area contributed by atoms with Gasteiger partial charge in [0.05, 0.1) is 16.7 Å². The Hall–Kier alpha value is -1.18. The van der Waals surface area contributed by atoms with E-state index in [1.54, 1.807) is 0 Å². The minimum atomic E-state index is -3.68. The summed E-state index contributed by atoms with van der Waals surface area (Å²) < 4.78 is 39.4. The average Bonchev–Trinajstić information content (AvgIpc) is 2.76. The number of nitrogens with two attached hydrogens (primary N) is 1. The molecule has 0 spiro atoms. The molecular weight excluding hydrogens is 271 g/mol. The number of aliphatic hydroxyl groups is 1. The van der Waals surface area contributed by atoms with Gasteiger partial charge < -0.3 is 10.8 Å². The SMILES string of the molecule is Nc1cc(S(=O)(=O)NCC2CCC(O)C2)ccc1F. The zero-order chi connectivity index (χ0) is 14.0. The molecule has 0 amide bonds. The van der Waals surface area contributed by atoms with Crippen LogP contribution >= 0.6 is 0 Å². The van der Waals surface area contributed by atoms with Crippen molar-refractivity contribution in [3.05, 3.63) is 24.0 Å². The van der Waals surface area contributed by atoms with Gasteiger partial charge in [-0.2, -0.15) is 0 Å². The van der Waals surface area contributed by atoms with Crippen LogP contribution in [0.2, 0.25) is 0 Å². The summed E-state index contributed by atoms with van der Waals surface area (Å²) in [6.45, 7) is 0.274. The lowest BCUT2D eigenvalue weighted by Crippen LogP contribution is -2.29. The minimum absolute atomic E-state index is 0.0510. The van der Waals surface area contributed by atoms with Gasteiger partial charge in [-0.15, -0.1) is 0 Å². The van der Waals surface area contributed by atoms with Crippen molar-refractivity contribution in [1.29, 1.82) is 0 Å². The maximum Gasteiger partial charge on any atom is 0.240 e. The fraction of sp³-hybridized carbons (Fsp3) is 0.500. The fourth-order valence-electron chi connectivity index (χ4n) is 2.23. The molecule has 0 aliphatic heterocycles. The van der Waals surface area contributed by atoms with Gasteiger partial charge in [0.2, 0.25) is 10.0 Å². The van der Waals surface area contributed by atoms with Crippen LogP contribution in [0.25, 0.3) is 0 Å². The molecule has 1 aromatic rings. The summed E-state index contributed by atoms with van der Waals surface area (Å²) in [5.74, 6) is -0.500. The van der Waals surface area contributed by atoms with Gasteiger partial charge in [-0.3, -0.25) is 0 Å². The molecule has 4 N–H and O–H groups in total. The number of nitrogens with one attached hydrogen (secondary N) is 1. The maximum absolute atomic E-state index is 13.0. The number of benzene rings is 1. The molecule has 1 aliphatic rings. The van der Waals surface area contributed by atoms with E-state index in [2.05, 4.69) is 4.72 Å². The van der Waals surface area contributed by atoms with Crippen LogP contribution in [-0.2, 0) is 10.0 Å². The number of hydrogen-bond donors (Lipinski definition) is 3. The predicted octanol–water partition coefficient (Wildman–Crippen LogP) is 0.847. The molecule has 106 valence electrons. The molecule has 2 rings (SSSR count). The highest BCUT2D eigenvalue weighted by Crippen LogP contribution is 2.25. The smallest absolute Gasteiger partial charge is 0.240 e. The zero-order valence-electron chi connectivity index (χ0n) is 10.3. The molecule has 0 radical (unpaired) electrons. The quantitative estimate of drug-likeness (QED) is 0.716. The van der Waals surface area contributed by atoms with Gasteiger partial charge in [-0.05, 0) is 43.4 Å². The second-order valence-corrected chi connectivity index (χ2v) is 6.64. The Morgan fingerprint density at radius 3 is 2.74 bits per heavy atom. The molecule has 1 saturated carbocycles. The molecule has 5 nitrogen and oxygen atoms in total. The normalized spacial score (nSPS) is 23.7. The van der Waals surface area contributed by atoms with Crippen LogP contribution in [0.15, 0.2) is 23.1 Å². The summed E-state index contributed by atoms with van der Waals surface area (Å²) in [4.78, 5) is -0.0510. The van der Waals surface area contributed by atoms with Crippen molar-refractivity contribution in [1.82, 2.24) is 4.72 Å². The minimum Gasteiger partial charge on any atom is -0.396 e. The Morgan fingerprint density at radius 2 is 2.16 bits per heavy atom. The van der Waals surface area contributed by atoms with E-state index in [0.717, 1.165) is 18.6 Å². The first kappa shape index (κ1) is 14.2. The first-order chi connectivity index (χ1) is 8.88. The molecule has 1 aliphatic carbocycles. The summed E-state index contributed by atoms with van der Waals surface area (Å²) in [6, 6.07) is 3.31. The van der Waals surface area contributed by atoms with Gasteiger partial charge in [-0.1, -0.05) is 0 Å². The highest BCUT2D eigenvalue weighted by atomic mass is 32.2. The summed E-state index contributed by atoms with van der Waals surface area (Å²) in [5.41, 5.74) is 5.16. The molecule has 1 fully saturated rings. The van der Waals surface area contributed by atoms with E-state index in [9.17, 15) is 17.9 Å². The van der Waals surface area contributed by atoms with Crippen molar-refractivity contribution in [2.45, 2.75) is 30.3 Å². The zero-order valence-corrected chi connectivity index (χ0v) is 11.2. The summed E-state index contributed by atoms with van der Waals surface area (Å²) >= 11 is 0. The van der Waals surface area contributed by atoms with E-state index >= 15 is 0 Å². The largest absolute Gasteiger partial charge is 0.396 e. The summed E-state index contributed by atoms with van der Waals surface area (Å²) in [5, 5.41) is 9.38. The lowest BCUT2D eigenvalue weighted by molar-refractivity contribution is 0.178. The van der Waals surface area contributed by atoms with Gasteiger partial charge >= 0.3 is 0 Å². The summed E-state index contributed by atoms with van der Waals surface area (Å²) in [6.07, 6.45) is 1.77. The average molecular weight is 288 g/mol. The Labute approximate surface area is 111 Å². The van der Waals surface area contributed by atoms with E-state index in [-0.39, 0.29) is 29.1 Å². The Kier molecular flexibility index (Phi) is 4.07. The highest BCUT2D eigenvalue weighted by Gasteiger charge is 2.24. The van der Waals surface area contributed by atoms with E-state index in [0.29, 0.717) is 12.8 Å². The Morgan fingerprint density at radius 1 is 1.42 bits per heavy atom. The van der Waals surface area contributed by atoms with Gasteiger partial charge in [0.15, 0.2) is 0 Å². The maximum atomic E-state index is 13.0. The number of hydrogen-bond acceptors (Lipinski definition) is 4. The van der Waals surface area contributed by atoms with Crippen LogP contribution in [0.4, 0.5) is 10.1 Å². The summed E-state index contributed by atoms with van der Waals surface area (Å²) in [7, 11) is -3.68. The van der Waals surface area contributed by atoms with Crippen molar-refractivity contribution in [2.24, 2.45) is 5.92 Å². The number of anilines is 1. The van der Waals surface area contributed by atoms with Crippen LogP contribution in [0.1, 0.15) is 19.3 Å². The molecule has 0 aromatic heterocycles. The lowest BCUT2D eigenvalue weighted by atomic mass is 10.1. The third-order valence-corrected chi connectivity index (χ3v) is 4.77. The molecule has 0 heterocycles. The second-order valence-electron chi connectivity index (χ2n) is 4.87. The first-order valence-corrected chi connectivity index (χ1v) is 7.59. The van der Waals surface area contributed by atoms with Crippen molar-refractivity contribution in [3.63, 3.8) is 0 Å². The van der Waals surface area contributed by atoms with Crippen molar-refractivity contribution < 1.29 is 17.9 Å². The van der Waals surface area contributed by atoms with E-state index in [1.807, 2.05) is 0 Å². The van der Waals surface area contributed by atoms with Gasteiger partial charge in [0.1, 0.15) is 5.82 Å². The third kappa shape index (κ3) is 3.43. The topological polar surface area (TPSA) is 92.4 Å². The highest BCUT2D eigenvalue weighted by molar-refractivity contribution is 7.89.